The Hall–Kier alpha value is -2.80. The van der Waals surface area contributed by atoms with Crippen LogP contribution in [0.3, 0.4) is 0 Å². The minimum atomic E-state index is -4.28. The predicted molar refractivity (Wildman–Crippen MR) is 129 cm³/mol. The lowest BCUT2D eigenvalue weighted by Gasteiger charge is -2.31. The number of fused-ring (bicyclic) bond motifs is 1. The van der Waals surface area contributed by atoms with E-state index < -0.39 is 66.7 Å². The zero-order valence-corrected chi connectivity index (χ0v) is 21.6. The fraction of sp³-hybridized carbons (Fsp3) is 0.522. The first-order valence-corrected chi connectivity index (χ1v) is 13.2. The van der Waals surface area contributed by atoms with Gasteiger partial charge in [-0.3, -0.25) is 23.7 Å². The van der Waals surface area contributed by atoms with Crippen LogP contribution in [0.25, 0.3) is 0 Å². The quantitative estimate of drug-likeness (QED) is 0.248. The van der Waals surface area contributed by atoms with E-state index >= 15 is 0 Å². The van der Waals surface area contributed by atoms with E-state index in [2.05, 4.69) is 10.1 Å². The van der Waals surface area contributed by atoms with Gasteiger partial charge in [0.1, 0.15) is 28.6 Å². The lowest BCUT2D eigenvalue weighted by molar-refractivity contribution is -0.149. The Labute approximate surface area is 211 Å². The zero-order chi connectivity index (χ0) is 27.2. The Bertz CT molecular complexity index is 1330. The van der Waals surface area contributed by atoms with Crippen molar-refractivity contribution >= 4 is 13.7 Å². The van der Waals surface area contributed by atoms with Crippen LogP contribution in [0.1, 0.15) is 40.3 Å². The van der Waals surface area contributed by atoms with E-state index in [4.69, 9.17) is 18.5 Å². The molecule has 1 aromatic heterocycles. The highest BCUT2D eigenvalue weighted by Gasteiger charge is 2.84. The molecule has 13 nitrogen and oxygen atoms in total. The first-order valence-electron chi connectivity index (χ1n) is 11.6. The molecule has 2 aliphatic rings. The number of aromatic nitrogens is 2. The van der Waals surface area contributed by atoms with Gasteiger partial charge in [0.15, 0.2) is 6.23 Å². The summed E-state index contributed by atoms with van der Waals surface area (Å²) in [5.41, 5.74) is -6.91. The average molecular weight is 539 g/mol. The lowest BCUT2D eigenvalue weighted by Crippen LogP contribution is -2.49. The van der Waals surface area contributed by atoms with Crippen molar-refractivity contribution in [1.29, 1.82) is 0 Å². The molecule has 4 N–H and O–H groups in total. The third kappa shape index (κ3) is 5.02. The number of aromatic amines is 1. The molecule has 4 rings (SSSR count). The van der Waals surface area contributed by atoms with Gasteiger partial charge in [0, 0.05) is 18.7 Å². The highest BCUT2D eigenvalue weighted by molar-refractivity contribution is 7.52. The van der Waals surface area contributed by atoms with E-state index in [1.165, 1.54) is 26.0 Å². The van der Waals surface area contributed by atoms with Crippen LogP contribution in [0.4, 0.5) is 0 Å². The van der Waals surface area contributed by atoms with E-state index in [9.17, 15) is 29.2 Å². The number of hydrogen-bond donors (Lipinski definition) is 4. The standard InChI is InChI=1S/C23H30N3O10P/c1-14(2)34-18(28)15(3)25-37(32,36-16-8-6-5-7-9-16)33-13-22-12-23(22,31)21(4,30)19(35-22)26-11-10-17(27)24-20(26)29/h5-11,14-15,19,30-31H,12-13H2,1-4H3,(H,25,32)(H,24,27,29)/t15-,19+,21-,22+,23-,37?/m0/s1. The minimum Gasteiger partial charge on any atom is -0.462 e. The molecule has 0 bridgehead atoms. The monoisotopic (exact) mass is 539 g/mol. The van der Waals surface area contributed by atoms with Crippen LogP contribution < -0.4 is 20.9 Å². The summed E-state index contributed by atoms with van der Waals surface area (Å²) < 4.78 is 37.0. The SMILES string of the molecule is CC(C)OC(=O)[C@H](C)NP(=O)(OC[C@]12C[C@]1(O)[C@@](C)(O)[C@H](n1ccc(=O)[nH]c1=O)O2)Oc1ccccc1. The number of carbonyl (C=O) groups is 1. The maximum Gasteiger partial charge on any atom is 0.459 e. The number of rotatable bonds is 10. The predicted octanol–water partition coefficient (Wildman–Crippen LogP) is 0.823. The van der Waals surface area contributed by atoms with Crippen molar-refractivity contribution in [2.24, 2.45) is 0 Å². The van der Waals surface area contributed by atoms with E-state index in [1.807, 2.05) is 0 Å². The van der Waals surface area contributed by atoms with Crippen molar-refractivity contribution in [1.82, 2.24) is 14.6 Å². The highest BCUT2D eigenvalue weighted by Crippen LogP contribution is 2.67. The fourth-order valence-corrected chi connectivity index (χ4v) is 5.89. The molecule has 2 aromatic rings. The Kier molecular flexibility index (Phi) is 6.99. The Morgan fingerprint density at radius 3 is 2.54 bits per heavy atom. The van der Waals surface area contributed by atoms with Gasteiger partial charge < -0.3 is 24.2 Å². The van der Waals surface area contributed by atoms with Crippen molar-refractivity contribution < 1.29 is 38.1 Å². The summed E-state index contributed by atoms with van der Waals surface area (Å²) in [7, 11) is -4.28. The van der Waals surface area contributed by atoms with Crippen LogP contribution >= 0.6 is 7.75 Å². The van der Waals surface area contributed by atoms with Gasteiger partial charge in [-0.25, -0.2) is 9.36 Å². The number of nitrogens with one attached hydrogen (secondary N) is 2. The van der Waals surface area contributed by atoms with Gasteiger partial charge >= 0.3 is 19.4 Å². The van der Waals surface area contributed by atoms with Crippen LogP contribution in [0, 0.1) is 0 Å². The van der Waals surface area contributed by atoms with Crippen molar-refractivity contribution in [2.45, 2.75) is 69.3 Å². The molecule has 1 aromatic carbocycles. The van der Waals surface area contributed by atoms with E-state index in [1.54, 1.807) is 32.0 Å². The van der Waals surface area contributed by atoms with Crippen LogP contribution in [-0.2, 0) is 23.4 Å². The van der Waals surface area contributed by atoms with Crippen molar-refractivity contribution in [3.8, 4) is 5.75 Å². The van der Waals surface area contributed by atoms with Crippen LogP contribution in [-0.4, -0.2) is 61.3 Å². The molecule has 1 aliphatic heterocycles. The van der Waals surface area contributed by atoms with Gasteiger partial charge in [0.2, 0.25) is 0 Å². The lowest BCUT2D eigenvalue weighted by atomic mass is 9.94. The van der Waals surface area contributed by atoms with Crippen molar-refractivity contribution in [2.75, 3.05) is 6.61 Å². The average Bonchev–Trinajstić information content (AvgIpc) is 3.38. The first kappa shape index (κ1) is 27.2. The van der Waals surface area contributed by atoms with Gasteiger partial charge in [-0.1, -0.05) is 18.2 Å². The summed E-state index contributed by atoms with van der Waals surface area (Å²) in [6, 6.07) is 8.09. The second-order valence-corrected chi connectivity index (χ2v) is 11.4. The maximum atomic E-state index is 13.8. The van der Waals surface area contributed by atoms with E-state index in [0.717, 1.165) is 16.8 Å². The number of carbonyl (C=O) groups excluding carboxylic acids is 1. The fourth-order valence-electron chi connectivity index (χ4n) is 4.35. The Morgan fingerprint density at radius 1 is 1.24 bits per heavy atom. The van der Waals surface area contributed by atoms with Gasteiger partial charge in [0.25, 0.3) is 5.56 Å². The number of nitrogens with zero attached hydrogens (tertiary/aromatic N) is 1. The van der Waals surface area contributed by atoms with Crippen LogP contribution in [0.2, 0.25) is 0 Å². The number of ether oxygens (including phenoxy) is 2. The van der Waals surface area contributed by atoms with Gasteiger partial charge in [-0.15, -0.1) is 0 Å². The van der Waals surface area contributed by atoms with E-state index in [0.29, 0.717) is 0 Å². The van der Waals surface area contributed by atoms with Crippen molar-refractivity contribution in [3.05, 3.63) is 63.4 Å². The summed E-state index contributed by atoms with van der Waals surface area (Å²) >= 11 is 0. The summed E-state index contributed by atoms with van der Waals surface area (Å²) in [4.78, 5) is 38.2. The van der Waals surface area contributed by atoms with Gasteiger partial charge in [0.05, 0.1) is 12.7 Å². The van der Waals surface area contributed by atoms with Gasteiger partial charge in [-0.2, -0.15) is 5.09 Å². The summed E-state index contributed by atoms with van der Waals surface area (Å²) in [6.45, 7) is 5.52. The minimum absolute atomic E-state index is 0.0993. The molecule has 1 unspecified atom stereocenters. The third-order valence-corrected chi connectivity index (χ3v) is 8.05. The van der Waals surface area contributed by atoms with Gasteiger partial charge in [-0.05, 0) is 39.8 Å². The van der Waals surface area contributed by atoms with Crippen molar-refractivity contribution in [3.63, 3.8) is 0 Å². The first-order chi connectivity index (χ1) is 17.2. The van der Waals surface area contributed by atoms with E-state index in [-0.39, 0.29) is 12.2 Å². The molecule has 2 fully saturated rings. The third-order valence-electron chi connectivity index (χ3n) is 6.42. The largest absolute Gasteiger partial charge is 0.462 e. The molecular formula is C23H30N3O10P. The molecule has 14 heteroatoms. The maximum absolute atomic E-state index is 13.8. The van der Waals surface area contributed by atoms with Crippen LogP contribution in [0.15, 0.2) is 52.2 Å². The number of aliphatic hydroxyl groups is 2. The zero-order valence-electron chi connectivity index (χ0n) is 20.7. The number of para-hydroxylation sites is 1. The molecule has 1 saturated carbocycles. The highest BCUT2D eigenvalue weighted by atomic mass is 31.2. The molecule has 0 radical (unpaired) electrons. The second-order valence-electron chi connectivity index (χ2n) is 9.68. The second kappa shape index (κ2) is 9.50. The molecule has 202 valence electrons. The Morgan fingerprint density at radius 2 is 1.92 bits per heavy atom. The molecule has 1 saturated heterocycles. The smallest absolute Gasteiger partial charge is 0.459 e. The molecule has 37 heavy (non-hydrogen) atoms. The topological polar surface area (TPSA) is 178 Å². The molecular weight excluding hydrogens is 509 g/mol. The number of H-pyrrole nitrogens is 1. The molecule has 0 amide bonds. The summed E-state index contributed by atoms with van der Waals surface area (Å²) in [6.07, 6.45) is -0.759. The number of hydrogen-bond acceptors (Lipinski definition) is 10. The molecule has 6 atom stereocenters. The summed E-state index contributed by atoms with van der Waals surface area (Å²) in [5.74, 6) is -0.502. The number of esters is 1. The summed E-state index contributed by atoms with van der Waals surface area (Å²) in [5, 5.41) is 24.9. The molecule has 0 spiro atoms. The Balaban J connectivity index is 1.57. The molecule has 2 heterocycles. The number of benzene rings is 1. The normalized spacial score (nSPS) is 30.8. The van der Waals surface area contributed by atoms with Crippen LogP contribution in [0.5, 0.6) is 5.75 Å². The molecule has 1 aliphatic carbocycles.